The molecule has 4 aromatic rings. The number of H-pyrrole nitrogens is 2. The summed E-state index contributed by atoms with van der Waals surface area (Å²) in [5.41, 5.74) is 4.23. The maximum absolute atomic E-state index is 13.6. The third kappa shape index (κ3) is 3.24. The molecule has 1 aliphatic heterocycles. The second-order valence-corrected chi connectivity index (χ2v) is 8.28. The molecule has 0 fully saturated rings. The van der Waals surface area contributed by atoms with Gasteiger partial charge in [0.15, 0.2) is 0 Å². The topological polar surface area (TPSA) is 85.8 Å². The van der Waals surface area contributed by atoms with Crippen LogP contribution >= 0.6 is 0 Å². The number of nitrogens with zero attached hydrogens (tertiary/aromatic N) is 1. The third-order valence-electron chi connectivity index (χ3n) is 6.26. The fraction of sp³-hybridized carbons (Fsp3) is 0.348. The lowest BCUT2D eigenvalue weighted by atomic mass is 9.98. The molecule has 0 bridgehead atoms. The molecule has 2 aromatic carbocycles. The number of aryl methyl sites for hydroxylation is 2. The van der Waals surface area contributed by atoms with Gasteiger partial charge in [0.1, 0.15) is 5.82 Å². The minimum atomic E-state index is -0.692. The Balaban J connectivity index is 1.31. The number of benzene rings is 2. The number of nitrogens with one attached hydrogen (secondary N) is 3. The van der Waals surface area contributed by atoms with Crippen LogP contribution in [-0.2, 0) is 13.0 Å². The van der Waals surface area contributed by atoms with Crippen molar-refractivity contribution >= 4 is 21.9 Å². The van der Waals surface area contributed by atoms with Crippen molar-refractivity contribution in [1.82, 2.24) is 19.9 Å². The van der Waals surface area contributed by atoms with Gasteiger partial charge in [-0.1, -0.05) is 12.1 Å². The predicted octanol–water partition coefficient (Wildman–Crippen LogP) is 3.37. The van der Waals surface area contributed by atoms with Gasteiger partial charge in [-0.25, -0.2) is 9.18 Å². The molecule has 2 aromatic heterocycles. The molecule has 0 saturated heterocycles. The smallest absolute Gasteiger partial charge is 0.326 e. The van der Waals surface area contributed by atoms with E-state index in [1.165, 1.54) is 6.07 Å². The van der Waals surface area contributed by atoms with Crippen molar-refractivity contribution in [3.63, 3.8) is 0 Å². The fourth-order valence-electron chi connectivity index (χ4n) is 4.70. The fourth-order valence-corrected chi connectivity index (χ4v) is 4.70. The van der Waals surface area contributed by atoms with Crippen molar-refractivity contribution in [2.24, 2.45) is 0 Å². The molecule has 1 aliphatic rings. The zero-order valence-corrected chi connectivity index (χ0v) is 16.8. The van der Waals surface area contributed by atoms with E-state index in [1.54, 1.807) is 16.7 Å². The van der Waals surface area contributed by atoms with E-state index in [1.807, 2.05) is 24.4 Å². The van der Waals surface area contributed by atoms with Crippen molar-refractivity contribution in [1.29, 1.82) is 0 Å². The Morgan fingerprint density at radius 2 is 2.17 bits per heavy atom. The Labute approximate surface area is 172 Å². The van der Waals surface area contributed by atoms with E-state index in [-0.39, 0.29) is 23.6 Å². The first-order chi connectivity index (χ1) is 14.5. The average molecular weight is 408 g/mol. The number of aliphatic hydroxyl groups is 1. The van der Waals surface area contributed by atoms with Gasteiger partial charge in [0.2, 0.25) is 0 Å². The van der Waals surface area contributed by atoms with Gasteiger partial charge in [0.05, 0.1) is 17.1 Å². The molecule has 7 heteroatoms. The van der Waals surface area contributed by atoms with Crippen LogP contribution in [0.5, 0.6) is 0 Å². The number of fused-ring (bicyclic) bond motifs is 1. The Hall–Kier alpha value is -2.90. The summed E-state index contributed by atoms with van der Waals surface area (Å²) in [7, 11) is 0. The lowest BCUT2D eigenvalue weighted by molar-refractivity contribution is 0.119. The van der Waals surface area contributed by atoms with E-state index in [9.17, 15) is 14.3 Å². The van der Waals surface area contributed by atoms with E-state index < -0.39 is 6.10 Å². The van der Waals surface area contributed by atoms with Crippen molar-refractivity contribution in [2.45, 2.75) is 50.9 Å². The molecule has 0 aliphatic carbocycles. The SMILES string of the molecule is CC(CCc1c[nH]c2ccc(F)cc12)NC1CCn2c(=O)[nH]c3cccc(c32)C1O. The number of imidazole rings is 1. The standard InChI is InChI=1S/C23H25FN4O2/c1-13(5-6-14-12-25-18-8-7-15(24)11-17(14)18)26-20-9-10-28-21-16(22(20)29)3-2-4-19(21)27-23(28)30/h2-4,7-8,11-13,20,22,25-26,29H,5-6,9-10H2,1H3,(H,27,30). The van der Waals surface area contributed by atoms with E-state index in [0.29, 0.717) is 13.0 Å². The molecule has 0 amide bonds. The molecule has 3 heterocycles. The lowest BCUT2D eigenvalue weighted by Crippen LogP contribution is -2.41. The highest BCUT2D eigenvalue weighted by Crippen LogP contribution is 2.30. The van der Waals surface area contributed by atoms with Gasteiger partial charge in [-0.2, -0.15) is 0 Å². The van der Waals surface area contributed by atoms with Crippen LogP contribution in [0.25, 0.3) is 21.9 Å². The largest absolute Gasteiger partial charge is 0.387 e. The Morgan fingerprint density at radius 1 is 1.30 bits per heavy atom. The maximum Gasteiger partial charge on any atom is 0.326 e. The minimum absolute atomic E-state index is 0.134. The number of hydrogen-bond donors (Lipinski definition) is 4. The second kappa shape index (κ2) is 7.41. The van der Waals surface area contributed by atoms with Crippen LogP contribution in [0.2, 0.25) is 0 Å². The average Bonchev–Trinajstić information content (AvgIpc) is 3.24. The van der Waals surface area contributed by atoms with Crippen LogP contribution in [0.1, 0.15) is 37.0 Å². The van der Waals surface area contributed by atoms with E-state index >= 15 is 0 Å². The van der Waals surface area contributed by atoms with Gasteiger partial charge < -0.3 is 20.4 Å². The number of aromatic nitrogens is 3. The van der Waals surface area contributed by atoms with Gasteiger partial charge in [-0.05, 0) is 56.0 Å². The molecule has 0 saturated carbocycles. The molecule has 3 atom stereocenters. The molecule has 0 spiro atoms. The van der Waals surface area contributed by atoms with E-state index in [2.05, 4.69) is 22.2 Å². The molecular weight excluding hydrogens is 383 g/mol. The first-order valence-corrected chi connectivity index (χ1v) is 10.4. The summed E-state index contributed by atoms with van der Waals surface area (Å²) in [6.45, 7) is 2.65. The van der Waals surface area contributed by atoms with E-state index in [0.717, 1.165) is 45.9 Å². The van der Waals surface area contributed by atoms with Gasteiger partial charge in [-0.3, -0.25) is 4.57 Å². The summed E-state index contributed by atoms with van der Waals surface area (Å²) in [5, 5.41) is 15.5. The first kappa shape index (κ1) is 19.1. The summed E-state index contributed by atoms with van der Waals surface area (Å²) >= 11 is 0. The van der Waals surface area contributed by atoms with Crippen LogP contribution in [0.15, 0.2) is 47.4 Å². The van der Waals surface area contributed by atoms with Gasteiger partial charge in [0.25, 0.3) is 0 Å². The summed E-state index contributed by atoms with van der Waals surface area (Å²) in [4.78, 5) is 18.3. The molecule has 30 heavy (non-hydrogen) atoms. The van der Waals surface area contributed by atoms with Crippen molar-refractivity contribution in [3.05, 3.63) is 70.0 Å². The van der Waals surface area contributed by atoms with E-state index in [4.69, 9.17) is 0 Å². The molecule has 5 rings (SSSR count). The normalized spacial score (nSPS) is 20.0. The summed E-state index contributed by atoms with van der Waals surface area (Å²) in [6.07, 6.45) is 3.56. The number of rotatable bonds is 5. The zero-order chi connectivity index (χ0) is 20.8. The highest BCUT2D eigenvalue weighted by atomic mass is 19.1. The molecular formula is C23H25FN4O2. The Bertz CT molecular complexity index is 1270. The van der Waals surface area contributed by atoms with Gasteiger partial charge in [0, 0.05) is 41.3 Å². The molecule has 6 nitrogen and oxygen atoms in total. The van der Waals surface area contributed by atoms with Crippen molar-refractivity contribution in [2.75, 3.05) is 0 Å². The van der Waals surface area contributed by atoms with Crippen LogP contribution in [0.3, 0.4) is 0 Å². The highest BCUT2D eigenvalue weighted by molar-refractivity contribution is 5.83. The third-order valence-corrected chi connectivity index (χ3v) is 6.26. The van der Waals surface area contributed by atoms with Gasteiger partial charge >= 0.3 is 5.69 Å². The summed E-state index contributed by atoms with van der Waals surface area (Å²) < 4.78 is 15.3. The second-order valence-electron chi connectivity index (χ2n) is 8.28. The molecule has 3 unspecified atom stereocenters. The van der Waals surface area contributed by atoms with Crippen LogP contribution in [-0.4, -0.2) is 31.7 Å². The monoisotopic (exact) mass is 408 g/mol. The van der Waals surface area contributed by atoms with Crippen LogP contribution < -0.4 is 11.0 Å². The minimum Gasteiger partial charge on any atom is -0.387 e. The van der Waals surface area contributed by atoms with Crippen LogP contribution in [0, 0.1) is 5.82 Å². The quantitative estimate of drug-likeness (QED) is 0.408. The highest BCUT2D eigenvalue weighted by Gasteiger charge is 2.29. The number of aromatic amines is 2. The van der Waals surface area contributed by atoms with Crippen molar-refractivity contribution in [3.8, 4) is 0 Å². The molecule has 0 radical (unpaired) electrons. The number of halogens is 1. The van der Waals surface area contributed by atoms with Crippen molar-refractivity contribution < 1.29 is 9.50 Å². The first-order valence-electron chi connectivity index (χ1n) is 10.4. The summed E-state index contributed by atoms with van der Waals surface area (Å²) in [6, 6.07) is 10.4. The maximum atomic E-state index is 13.6. The Kier molecular flexibility index (Phi) is 4.72. The predicted molar refractivity (Wildman–Crippen MR) is 115 cm³/mol. The van der Waals surface area contributed by atoms with Crippen LogP contribution in [0.4, 0.5) is 4.39 Å². The number of para-hydroxylation sites is 1. The van der Waals surface area contributed by atoms with Gasteiger partial charge in [-0.15, -0.1) is 0 Å². The Morgan fingerprint density at radius 3 is 3.03 bits per heavy atom. The summed E-state index contributed by atoms with van der Waals surface area (Å²) in [5.74, 6) is -0.232. The molecule has 4 N–H and O–H groups in total. The number of hydrogen-bond acceptors (Lipinski definition) is 3. The zero-order valence-electron chi connectivity index (χ0n) is 16.8. The number of aliphatic hydroxyl groups excluding tert-OH is 1. The molecule has 156 valence electrons. The lowest BCUT2D eigenvalue weighted by Gasteiger charge is -2.26.